The molecule has 1 aromatic heterocycles. The Morgan fingerprint density at radius 2 is 1.89 bits per heavy atom. The number of methoxy groups -OCH3 is 1. The fourth-order valence-corrected chi connectivity index (χ4v) is 7.77. The quantitative estimate of drug-likeness (QED) is 0.536. The van der Waals surface area contributed by atoms with Gasteiger partial charge in [-0.1, -0.05) is 6.07 Å². The third-order valence-electron chi connectivity index (χ3n) is 9.24. The summed E-state index contributed by atoms with van der Waals surface area (Å²) in [7, 11) is 1.52. The number of anilines is 2. The first kappa shape index (κ1) is 25.0. The van der Waals surface area contributed by atoms with Gasteiger partial charge in [0.05, 0.1) is 18.3 Å². The summed E-state index contributed by atoms with van der Waals surface area (Å²) in [6.45, 7) is 4.34. The zero-order valence-electron chi connectivity index (χ0n) is 22.1. The largest absolute Gasteiger partial charge is 0.496 e. The smallest absolute Gasteiger partial charge is 0.270 e. The number of hydrogen-bond acceptors (Lipinski definition) is 7. The Balaban J connectivity index is 1.13. The van der Waals surface area contributed by atoms with E-state index in [-0.39, 0.29) is 18.0 Å². The molecule has 202 valence electrons. The number of carbonyl (C=O) groups excluding carboxylic acids is 2. The van der Waals surface area contributed by atoms with Gasteiger partial charge < -0.3 is 30.7 Å². The monoisotopic (exact) mass is 519 g/mol. The van der Waals surface area contributed by atoms with Crippen LogP contribution in [0.4, 0.5) is 11.5 Å². The standard InChI is InChI=1S/C29H37N5O4/c1-17-16-33(21-6-7-24(38-2)22(12-21)27(30)35)8-9-34(17)25-5-3-4-23(31-25)28(36)32-26-19-10-18-11-20(26)15-29(37,13-18)14-19/h3-7,12,17-20,26,37H,8-11,13-16H2,1-2H3,(H2,30,35)(H,32,36)/t17-,18?,19?,20?,26-,29-/m1/s1. The van der Waals surface area contributed by atoms with Gasteiger partial charge in [-0.3, -0.25) is 9.59 Å². The zero-order valence-corrected chi connectivity index (χ0v) is 22.1. The molecule has 0 spiro atoms. The summed E-state index contributed by atoms with van der Waals surface area (Å²) in [5.41, 5.74) is 6.77. The van der Waals surface area contributed by atoms with Gasteiger partial charge in [0.25, 0.3) is 11.8 Å². The average molecular weight is 520 g/mol. The Bertz CT molecular complexity index is 1240. The Morgan fingerprint density at radius 3 is 2.55 bits per heavy atom. The summed E-state index contributed by atoms with van der Waals surface area (Å²) in [6.07, 6.45) is 4.74. The second kappa shape index (κ2) is 9.45. The van der Waals surface area contributed by atoms with Crippen molar-refractivity contribution in [2.75, 3.05) is 36.5 Å². The molecule has 3 atom stereocenters. The van der Waals surface area contributed by atoms with Crippen LogP contribution in [0.2, 0.25) is 0 Å². The second-order valence-corrected chi connectivity index (χ2v) is 11.8. The third kappa shape index (κ3) is 4.46. The van der Waals surface area contributed by atoms with Gasteiger partial charge in [-0.25, -0.2) is 4.98 Å². The number of piperazine rings is 1. The zero-order chi connectivity index (χ0) is 26.6. The van der Waals surface area contributed by atoms with Crippen molar-refractivity contribution in [3.8, 4) is 5.75 Å². The van der Waals surface area contributed by atoms with Gasteiger partial charge in [-0.15, -0.1) is 0 Å². The lowest BCUT2D eigenvalue weighted by Gasteiger charge is -2.58. The summed E-state index contributed by atoms with van der Waals surface area (Å²) < 4.78 is 5.28. The maximum atomic E-state index is 13.3. The highest BCUT2D eigenvalue weighted by Gasteiger charge is 2.55. The van der Waals surface area contributed by atoms with E-state index >= 15 is 0 Å². The summed E-state index contributed by atoms with van der Waals surface area (Å²) >= 11 is 0. The van der Waals surface area contributed by atoms with Gasteiger partial charge in [-0.2, -0.15) is 0 Å². The van der Waals surface area contributed by atoms with Crippen molar-refractivity contribution in [3.63, 3.8) is 0 Å². The number of hydrogen-bond donors (Lipinski definition) is 3. The number of aliphatic hydroxyl groups is 1. The molecular formula is C29H37N5O4. The molecule has 5 aliphatic rings. The van der Waals surface area contributed by atoms with Crippen LogP contribution in [-0.2, 0) is 0 Å². The molecule has 2 heterocycles. The lowest BCUT2D eigenvalue weighted by Crippen LogP contribution is -2.61. The van der Waals surface area contributed by atoms with E-state index < -0.39 is 11.5 Å². The van der Waals surface area contributed by atoms with Crippen LogP contribution in [-0.4, -0.2) is 66.3 Å². The maximum Gasteiger partial charge on any atom is 0.270 e. The summed E-state index contributed by atoms with van der Waals surface area (Å²) in [5, 5.41) is 14.2. The molecule has 2 amide bonds. The van der Waals surface area contributed by atoms with E-state index in [1.807, 2.05) is 18.2 Å². The van der Waals surface area contributed by atoms with Crippen LogP contribution >= 0.6 is 0 Å². The normalized spacial score (nSPS) is 31.8. The van der Waals surface area contributed by atoms with Crippen LogP contribution in [0.1, 0.15) is 59.9 Å². The van der Waals surface area contributed by atoms with E-state index in [2.05, 4.69) is 22.0 Å². The number of ether oxygens (including phenoxy) is 1. The van der Waals surface area contributed by atoms with Crippen molar-refractivity contribution in [2.45, 2.75) is 56.7 Å². The molecule has 7 rings (SSSR count). The van der Waals surface area contributed by atoms with Crippen LogP contribution < -0.4 is 25.6 Å². The van der Waals surface area contributed by atoms with Crippen LogP contribution in [0.25, 0.3) is 0 Å². The Labute approximate surface area is 223 Å². The molecule has 1 aromatic carbocycles. The van der Waals surface area contributed by atoms with E-state index in [0.29, 0.717) is 34.8 Å². The van der Waals surface area contributed by atoms with Crippen molar-refractivity contribution < 1.29 is 19.4 Å². The molecule has 4 saturated carbocycles. The van der Waals surface area contributed by atoms with Gasteiger partial charge in [0, 0.05) is 37.4 Å². The summed E-state index contributed by atoms with van der Waals surface area (Å²) in [5.74, 6) is 1.94. The first-order valence-corrected chi connectivity index (χ1v) is 13.7. The molecule has 4 bridgehead atoms. The molecule has 9 nitrogen and oxygen atoms in total. The Morgan fingerprint density at radius 1 is 1.13 bits per heavy atom. The van der Waals surface area contributed by atoms with E-state index in [0.717, 1.165) is 63.2 Å². The Kier molecular flexibility index (Phi) is 6.21. The number of pyridine rings is 1. The maximum absolute atomic E-state index is 13.3. The number of benzene rings is 1. The minimum Gasteiger partial charge on any atom is -0.496 e. The van der Waals surface area contributed by atoms with Crippen molar-refractivity contribution in [3.05, 3.63) is 47.7 Å². The van der Waals surface area contributed by atoms with Gasteiger partial charge in [-0.05, 0) is 87.1 Å². The van der Waals surface area contributed by atoms with Crippen molar-refractivity contribution in [2.24, 2.45) is 23.5 Å². The van der Waals surface area contributed by atoms with Gasteiger partial charge in [0.1, 0.15) is 17.3 Å². The van der Waals surface area contributed by atoms with Crippen LogP contribution in [0.3, 0.4) is 0 Å². The SMILES string of the molecule is COc1ccc(N2CCN(c3cccc(C(=O)N[C@H]4C5CC6CC4C[C@](O)(C6)C5)n3)[C@H](C)C2)cc1C(N)=O. The molecular weight excluding hydrogens is 482 g/mol. The molecule has 4 N–H and O–H groups in total. The van der Waals surface area contributed by atoms with E-state index in [9.17, 15) is 14.7 Å². The highest BCUT2D eigenvalue weighted by atomic mass is 16.5. The topological polar surface area (TPSA) is 121 Å². The molecule has 1 saturated heterocycles. The number of nitrogens with two attached hydrogens (primary N) is 1. The van der Waals surface area contributed by atoms with Crippen molar-refractivity contribution >= 4 is 23.3 Å². The lowest BCUT2D eigenvalue weighted by molar-refractivity contribution is -0.136. The fourth-order valence-electron chi connectivity index (χ4n) is 7.77. The third-order valence-corrected chi connectivity index (χ3v) is 9.24. The number of nitrogens with zero attached hydrogens (tertiary/aromatic N) is 3. The molecule has 2 unspecified atom stereocenters. The van der Waals surface area contributed by atoms with E-state index in [1.54, 1.807) is 18.2 Å². The van der Waals surface area contributed by atoms with Gasteiger partial charge in [0.2, 0.25) is 0 Å². The van der Waals surface area contributed by atoms with Crippen LogP contribution in [0.15, 0.2) is 36.4 Å². The fraction of sp³-hybridized carbons (Fsp3) is 0.552. The minimum atomic E-state index is -0.515. The first-order valence-electron chi connectivity index (χ1n) is 13.7. The van der Waals surface area contributed by atoms with E-state index in [1.165, 1.54) is 7.11 Å². The highest BCUT2D eigenvalue weighted by molar-refractivity contribution is 5.96. The molecule has 9 heteroatoms. The summed E-state index contributed by atoms with van der Waals surface area (Å²) in [4.78, 5) is 34.4. The summed E-state index contributed by atoms with van der Waals surface area (Å²) in [6, 6.07) is 11.4. The molecule has 4 aliphatic carbocycles. The van der Waals surface area contributed by atoms with Crippen molar-refractivity contribution in [1.82, 2.24) is 10.3 Å². The number of primary amides is 1. The first-order chi connectivity index (χ1) is 18.2. The molecule has 0 radical (unpaired) electrons. The van der Waals surface area contributed by atoms with Crippen LogP contribution in [0.5, 0.6) is 5.75 Å². The molecule has 38 heavy (non-hydrogen) atoms. The molecule has 5 fully saturated rings. The number of rotatable bonds is 6. The number of nitrogens with one attached hydrogen (secondary N) is 1. The van der Waals surface area contributed by atoms with Crippen LogP contribution in [0, 0.1) is 17.8 Å². The lowest BCUT2D eigenvalue weighted by atomic mass is 9.52. The predicted octanol–water partition coefficient (Wildman–Crippen LogP) is 2.57. The van der Waals surface area contributed by atoms with Gasteiger partial charge >= 0.3 is 0 Å². The number of amides is 2. The molecule has 2 aromatic rings. The van der Waals surface area contributed by atoms with Gasteiger partial charge in [0.15, 0.2) is 0 Å². The Hall–Kier alpha value is -3.33. The second-order valence-electron chi connectivity index (χ2n) is 11.8. The van der Waals surface area contributed by atoms with Crippen molar-refractivity contribution in [1.29, 1.82) is 0 Å². The number of aromatic nitrogens is 1. The molecule has 1 aliphatic heterocycles. The average Bonchev–Trinajstić information content (AvgIpc) is 2.89. The predicted molar refractivity (Wildman–Crippen MR) is 145 cm³/mol. The minimum absolute atomic E-state index is 0.125. The number of carbonyl (C=O) groups is 2. The highest BCUT2D eigenvalue weighted by Crippen LogP contribution is 2.55. The van der Waals surface area contributed by atoms with E-state index in [4.69, 9.17) is 15.5 Å².